The molecule has 2 rings (SSSR count). The molecule has 0 bridgehead atoms. The molecule has 23 heavy (non-hydrogen) atoms. The summed E-state index contributed by atoms with van der Waals surface area (Å²) in [6, 6.07) is 0.375. The molecule has 0 aromatic carbocycles. The number of rotatable bonds is 3. The standard InChI is InChI=1S/C10H15ClN4O.C2HF3O2/c1-16-9-8(11)6-13-10(15-9)14-7-3-2-4-12-5-7;3-2(4,5)1(6)7/h6-7,12H,2-5H2,1H3,(H,13,14,15);(H,6,7)/t7-;/m1./s1. The van der Waals surface area contributed by atoms with Gasteiger partial charge in [0.15, 0.2) is 0 Å². The smallest absolute Gasteiger partial charge is 0.480 e. The lowest BCUT2D eigenvalue weighted by Gasteiger charge is -2.23. The van der Waals surface area contributed by atoms with E-state index in [-0.39, 0.29) is 0 Å². The second-order valence-electron chi connectivity index (χ2n) is 4.54. The SMILES string of the molecule is COc1nc(N[C@@H]2CCCNC2)ncc1Cl.O=C(O)C(F)(F)F. The first-order valence-corrected chi connectivity index (χ1v) is 6.95. The Kier molecular flexibility index (Phi) is 7.30. The third kappa shape index (κ3) is 6.87. The van der Waals surface area contributed by atoms with Crippen LogP contribution in [0.25, 0.3) is 0 Å². The second kappa shape index (κ2) is 8.73. The van der Waals surface area contributed by atoms with Crippen molar-refractivity contribution in [3.8, 4) is 5.88 Å². The quantitative estimate of drug-likeness (QED) is 0.761. The number of carbonyl (C=O) groups is 1. The van der Waals surface area contributed by atoms with Crippen molar-refractivity contribution in [3.05, 3.63) is 11.2 Å². The minimum absolute atomic E-state index is 0.375. The second-order valence-corrected chi connectivity index (χ2v) is 4.95. The number of piperidine rings is 1. The monoisotopic (exact) mass is 356 g/mol. The molecular formula is C12H16ClF3N4O3. The van der Waals surface area contributed by atoms with Crippen LogP contribution in [0.3, 0.4) is 0 Å². The number of methoxy groups -OCH3 is 1. The Labute approximate surface area is 135 Å². The van der Waals surface area contributed by atoms with Gasteiger partial charge in [-0.15, -0.1) is 0 Å². The van der Waals surface area contributed by atoms with Gasteiger partial charge in [0.25, 0.3) is 0 Å². The number of aromatic nitrogens is 2. The maximum absolute atomic E-state index is 10.6. The van der Waals surface area contributed by atoms with Crippen molar-refractivity contribution in [2.45, 2.75) is 25.1 Å². The van der Waals surface area contributed by atoms with Crippen LogP contribution in [-0.2, 0) is 4.79 Å². The average Bonchev–Trinajstić information content (AvgIpc) is 2.50. The van der Waals surface area contributed by atoms with Crippen molar-refractivity contribution in [3.63, 3.8) is 0 Å². The summed E-state index contributed by atoms with van der Waals surface area (Å²) < 4.78 is 36.8. The van der Waals surface area contributed by atoms with Gasteiger partial charge in [0.1, 0.15) is 5.02 Å². The molecule has 0 unspecified atom stereocenters. The molecule has 3 N–H and O–H groups in total. The lowest BCUT2D eigenvalue weighted by molar-refractivity contribution is -0.192. The van der Waals surface area contributed by atoms with Crippen LogP contribution in [0.15, 0.2) is 6.20 Å². The highest BCUT2D eigenvalue weighted by Crippen LogP contribution is 2.21. The molecule has 0 saturated carbocycles. The van der Waals surface area contributed by atoms with Crippen molar-refractivity contribution >= 4 is 23.5 Å². The van der Waals surface area contributed by atoms with E-state index in [1.165, 1.54) is 6.42 Å². The fraction of sp³-hybridized carbons (Fsp3) is 0.583. The van der Waals surface area contributed by atoms with E-state index in [0.29, 0.717) is 22.9 Å². The predicted molar refractivity (Wildman–Crippen MR) is 76.8 cm³/mol. The van der Waals surface area contributed by atoms with E-state index in [9.17, 15) is 13.2 Å². The number of halogens is 4. The fourth-order valence-electron chi connectivity index (χ4n) is 1.72. The van der Waals surface area contributed by atoms with E-state index in [1.54, 1.807) is 13.3 Å². The van der Waals surface area contributed by atoms with E-state index in [4.69, 9.17) is 26.2 Å². The number of anilines is 1. The Morgan fingerprint density at radius 3 is 2.70 bits per heavy atom. The molecule has 2 heterocycles. The number of nitrogens with one attached hydrogen (secondary N) is 2. The van der Waals surface area contributed by atoms with Gasteiger partial charge in [-0.1, -0.05) is 11.6 Å². The number of ether oxygens (including phenoxy) is 1. The Hall–Kier alpha value is -1.81. The number of carboxylic acid groups (broad SMARTS) is 1. The van der Waals surface area contributed by atoms with Crippen LogP contribution in [-0.4, -0.2) is 53.5 Å². The minimum atomic E-state index is -5.08. The molecule has 130 valence electrons. The lowest BCUT2D eigenvalue weighted by Crippen LogP contribution is -2.38. The van der Waals surface area contributed by atoms with Gasteiger partial charge in [-0.3, -0.25) is 0 Å². The summed E-state index contributed by atoms with van der Waals surface area (Å²) in [6.45, 7) is 2.03. The molecule has 0 radical (unpaired) electrons. The Morgan fingerprint density at radius 2 is 2.22 bits per heavy atom. The first kappa shape index (κ1) is 19.2. The van der Waals surface area contributed by atoms with Gasteiger partial charge in [0, 0.05) is 12.6 Å². The zero-order chi connectivity index (χ0) is 17.5. The summed E-state index contributed by atoms with van der Waals surface area (Å²) >= 11 is 5.85. The normalized spacial score (nSPS) is 17.7. The summed E-state index contributed by atoms with van der Waals surface area (Å²) in [5, 5.41) is 14.1. The molecule has 7 nitrogen and oxygen atoms in total. The molecule has 0 amide bonds. The van der Waals surface area contributed by atoms with Crippen molar-refractivity contribution < 1.29 is 27.8 Å². The zero-order valence-corrected chi connectivity index (χ0v) is 12.9. The highest BCUT2D eigenvalue weighted by Gasteiger charge is 2.38. The number of carboxylic acids is 1. The minimum Gasteiger partial charge on any atom is -0.480 e. The predicted octanol–water partition coefficient (Wildman–Crippen LogP) is 1.94. The van der Waals surface area contributed by atoms with Gasteiger partial charge in [0.05, 0.1) is 13.3 Å². The maximum atomic E-state index is 10.6. The van der Waals surface area contributed by atoms with E-state index in [0.717, 1.165) is 19.5 Å². The van der Waals surface area contributed by atoms with Crippen molar-refractivity contribution in [1.29, 1.82) is 0 Å². The highest BCUT2D eigenvalue weighted by atomic mass is 35.5. The van der Waals surface area contributed by atoms with E-state index in [1.807, 2.05) is 0 Å². The van der Waals surface area contributed by atoms with Crippen molar-refractivity contribution in [2.24, 2.45) is 0 Å². The molecule has 1 aromatic rings. The first-order valence-electron chi connectivity index (χ1n) is 6.58. The molecule has 1 saturated heterocycles. The van der Waals surface area contributed by atoms with Gasteiger partial charge in [0.2, 0.25) is 11.8 Å². The summed E-state index contributed by atoms with van der Waals surface area (Å²) in [4.78, 5) is 17.2. The van der Waals surface area contributed by atoms with Crippen LogP contribution in [0.4, 0.5) is 19.1 Å². The Morgan fingerprint density at radius 1 is 1.57 bits per heavy atom. The molecule has 1 aliphatic heterocycles. The molecule has 1 aromatic heterocycles. The largest absolute Gasteiger partial charge is 0.490 e. The van der Waals surface area contributed by atoms with E-state index < -0.39 is 12.1 Å². The summed E-state index contributed by atoms with van der Waals surface area (Å²) in [5.74, 6) is -1.79. The summed E-state index contributed by atoms with van der Waals surface area (Å²) in [7, 11) is 1.54. The van der Waals surface area contributed by atoms with Crippen molar-refractivity contribution in [1.82, 2.24) is 15.3 Å². The van der Waals surface area contributed by atoms with E-state index >= 15 is 0 Å². The average molecular weight is 357 g/mol. The van der Waals surface area contributed by atoms with Gasteiger partial charge >= 0.3 is 12.1 Å². The Balaban J connectivity index is 0.000000322. The molecule has 1 atom stereocenters. The highest BCUT2D eigenvalue weighted by molar-refractivity contribution is 6.31. The van der Waals surface area contributed by atoms with Gasteiger partial charge in [-0.05, 0) is 19.4 Å². The first-order chi connectivity index (χ1) is 10.7. The molecule has 0 spiro atoms. The van der Waals surface area contributed by atoms with Crippen LogP contribution in [0.2, 0.25) is 5.02 Å². The molecule has 11 heteroatoms. The molecular weight excluding hydrogens is 341 g/mol. The fourth-order valence-corrected chi connectivity index (χ4v) is 1.89. The number of hydrogen-bond donors (Lipinski definition) is 3. The summed E-state index contributed by atoms with van der Waals surface area (Å²) in [5.41, 5.74) is 0. The number of hydrogen-bond acceptors (Lipinski definition) is 6. The molecule has 1 aliphatic rings. The van der Waals surface area contributed by atoms with E-state index in [2.05, 4.69) is 20.6 Å². The molecule has 0 aliphatic carbocycles. The third-order valence-electron chi connectivity index (χ3n) is 2.78. The summed E-state index contributed by atoms with van der Waals surface area (Å²) in [6.07, 6.45) is -1.24. The third-order valence-corrected chi connectivity index (χ3v) is 3.04. The van der Waals surface area contributed by atoms with Crippen LogP contribution < -0.4 is 15.4 Å². The lowest BCUT2D eigenvalue weighted by atomic mass is 10.1. The van der Waals surface area contributed by atoms with Gasteiger partial charge in [-0.2, -0.15) is 18.2 Å². The van der Waals surface area contributed by atoms with Crippen molar-refractivity contribution in [2.75, 3.05) is 25.5 Å². The maximum Gasteiger partial charge on any atom is 0.490 e. The number of aliphatic carboxylic acids is 1. The number of nitrogens with zero attached hydrogens (tertiary/aromatic N) is 2. The van der Waals surface area contributed by atoms with Gasteiger partial charge in [-0.25, -0.2) is 9.78 Å². The van der Waals surface area contributed by atoms with Crippen LogP contribution in [0.1, 0.15) is 12.8 Å². The van der Waals surface area contributed by atoms with Crippen LogP contribution in [0, 0.1) is 0 Å². The van der Waals surface area contributed by atoms with Crippen LogP contribution in [0.5, 0.6) is 5.88 Å². The van der Waals surface area contributed by atoms with Gasteiger partial charge < -0.3 is 20.5 Å². The zero-order valence-electron chi connectivity index (χ0n) is 12.2. The number of alkyl halides is 3. The molecule has 1 fully saturated rings. The van der Waals surface area contributed by atoms with Crippen LogP contribution >= 0.6 is 11.6 Å². The topological polar surface area (TPSA) is 96.4 Å². The Bertz CT molecular complexity index is 525.